The standard InChI is InChI=1S/C22H22N4O2/c1-14-2-4-16(5-3-14)20-10-11-23-22(25-20)24-19-9-8-15-6-7-17(21(27)26-28)12-18(15)13-19/h2-7,10-12,19,28H,8-9,13H2,1H3,(H,26,27)(H,23,24,25). The summed E-state index contributed by atoms with van der Waals surface area (Å²) in [7, 11) is 0. The van der Waals surface area contributed by atoms with Crippen LogP contribution in [-0.4, -0.2) is 27.1 Å². The van der Waals surface area contributed by atoms with Crippen LogP contribution in [0.5, 0.6) is 0 Å². The zero-order valence-corrected chi connectivity index (χ0v) is 15.6. The molecule has 4 rings (SSSR count). The van der Waals surface area contributed by atoms with E-state index in [-0.39, 0.29) is 6.04 Å². The third kappa shape index (κ3) is 3.87. The maximum absolute atomic E-state index is 11.7. The van der Waals surface area contributed by atoms with E-state index in [1.165, 1.54) is 11.1 Å². The lowest BCUT2D eigenvalue weighted by molar-refractivity contribution is 0.0706. The minimum Gasteiger partial charge on any atom is -0.351 e. The number of hydrogen-bond donors (Lipinski definition) is 3. The minimum absolute atomic E-state index is 0.188. The van der Waals surface area contributed by atoms with Crippen molar-refractivity contribution in [3.63, 3.8) is 0 Å². The van der Waals surface area contributed by atoms with E-state index in [4.69, 9.17) is 5.21 Å². The second kappa shape index (κ2) is 7.78. The van der Waals surface area contributed by atoms with Crippen molar-refractivity contribution in [1.82, 2.24) is 15.4 Å². The molecule has 1 unspecified atom stereocenters. The van der Waals surface area contributed by atoms with Gasteiger partial charge in [-0.15, -0.1) is 0 Å². The Morgan fingerprint density at radius 2 is 1.93 bits per heavy atom. The molecule has 28 heavy (non-hydrogen) atoms. The molecule has 6 heteroatoms. The van der Waals surface area contributed by atoms with Gasteiger partial charge in [0.25, 0.3) is 5.91 Å². The first kappa shape index (κ1) is 18.1. The Hall–Kier alpha value is -3.25. The number of carbonyl (C=O) groups excluding carboxylic acids is 1. The Morgan fingerprint density at radius 3 is 2.71 bits per heavy atom. The van der Waals surface area contributed by atoms with E-state index in [1.807, 2.05) is 18.2 Å². The molecule has 0 spiro atoms. The molecule has 0 fully saturated rings. The number of rotatable bonds is 4. The molecule has 3 N–H and O–H groups in total. The Bertz CT molecular complexity index is 1000. The van der Waals surface area contributed by atoms with Crippen molar-refractivity contribution in [2.45, 2.75) is 32.2 Å². The smallest absolute Gasteiger partial charge is 0.274 e. The average molecular weight is 374 g/mol. The number of hydroxylamine groups is 1. The van der Waals surface area contributed by atoms with Crippen molar-refractivity contribution >= 4 is 11.9 Å². The number of fused-ring (bicyclic) bond motifs is 1. The van der Waals surface area contributed by atoms with Crippen molar-refractivity contribution in [3.8, 4) is 11.3 Å². The van der Waals surface area contributed by atoms with E-state index < -0.39 is 5.91 Å². The molecule has 0 saturated carbocycles. The van der Waals surface area contributed by atoms with Crippen LogP contribution in [0.1, 0.15) is 33.5 Å². The second-order valence-corrected chi connectivity index (χ2v) is 7.14. The molecule has 0 bridgehead atoms. The molecule has 1 aliphatic carbocycles. The van der Waals surface area contributed by atoms with Crippen LogP contribution in [0, 0.1) is 6.92 Å². The monoisotopic (exact) mass is 374 g/mol. The summed E-state index contributed by atoms with van der Waals surface area (Å²) in [6.07, 6.45) is 4.44. The van der Waals surface area contributed by atoms with Gasteiger partial charge in [-0.2, -0.15) is 0 Å². The molecule has 1 aromatic heterocycles. The van der Waals surface area contributed by atoms with Gasteiger partial charge in [0, 0.05) is 23.4 Å². The fraction of sp³-hybridized carbons (Fsp3) is 0.227. The Labute approximate surface area is 163 Å². The molecular formula is C22H22N4O2. The van der Waals surface area contributed by atoms with Crippen molar-refractivity contribution in [2.24, 2.45) is 0 Å². The summed E-state index contributed by atoms with van der Waals surface area (Å²) in [5.74, 6) is 0.114. The normalized spacial score (nSPS) is 15.6. The molecule has 1 amide bonds. The topological polar surface area (TPSA) is 87.1 Å². The fourth-order valence-corrected chi connectivity index (χ4v) is 3.58. The highest BCUT2D eigenvalue weighted by Crippen LogP contribution is 2.25. The molecule has 1 aliphatic rings. The lowest BCUT2D eigenvalue weighted by Gasteiger charge is -2.26. The predicted octanol–water partition coefficient (Wildman–Crippen LogP) is 3.54. The number of carbonyl (C=O) groups is 1. The van der Waals surface area contributed by atoms with Gasteiger partial charge >= 0.3 is 0 Å². The van der Waals surface area contributed by atoms with E-state index in [9.17, 15) is 4.79 Å². The van der Waals surface area contributed by atoms with E-state index in [1.54, 1.807) is 17.7 Å². The lowest BCUT2D eigenvalue weighted by atomic mass is 9.87. The van der Waals surface area contributed by atoms with Gasteiger partial charge in [-0.05, 0) is 55.5 Å². The van der Waals surface area contributed by atoms with Gasteiger partial charge in [0.1, 0.15) is 0 Å². The van der Waals surface area contributed by atoms with Crippen LogP contribution >= 0.6 is 0 Å². The zero-order chi connectivity index (χ0) is 19.5. The Balaban J connectivity index is 1.50. The van der Waals surface area contributed by atoms with Crippen LogP contribution < -0.4 is 10.8 Å². The van der Waals surface area contributed by atoms with Crippen molar-refractivity contribution in [2.75, 3.05) is 5.32 Å². The van der Waals surface area contributed by atoms with Gasteiger partial charge < -0.3 is 5.32 Å². The van der Waals surface area contributed by atoms with Crippen molar-refractivity contribution in [1.29, 1.82) is 0 Å². The van der Waals surface area contributed by atoms with Gasteiger partial charge in [0.2, 0.25) is 5.95 Å². The summed E-state index contributed by atoms with van der Waals surface area (Å²) >= 11 is 0. The van der Waals surface area contributed by atoms with Gasteiger partial charge in [0.05, 0.1) is 5.69 Å². The Kier molecular flexibility index (Phi) is 5.04. The highest BCUT2D eigenvalue weighted by Gasteiger charge is 2.20. The van der Waals surface area contributed by atoms with Gasteiger partial charge in [0.15, 0.2) is 0 Å². The number of nitrogens with zero attached hydrogens (tertiary/aromatic N) is 2. The van der Waals surface area contributed by atoms with E-state index in [2.05, 4.69) is 46.5 Å². The molecule has 2 aromatic carbocycles. The molecule has 3 aromatic rings. The molecule has 6 nitrogen and oxygen atoms in total. The predicted molar refractivity (Wildman–Crippen MR) is 107 cm³/mol. The molecule has 1 heterocycles. The molecule has 0 aliphatic heterocycles. The first-order valence-corrected chi connectivity index (χ1v) is 9.35. The molecule has 142 valence electrons. The van der Waals surface area contributed by atoms with Gasteiger partial charge in [-0.25, -0.2) is 15.4 Å². The SMILES string of the molecule is Cc1ccc(-c2ccnc(NC3CCc4ccc(C(=O)NO)cc4C3)n2)cc1. The first-order valence-electron chi connectivity index (χ1n) is 9.35. The van der Waals surface area contributed by atoms with E-state index in [0.29, 0.717) is 11.5 Å². The summed E-state index contributed by atoms with van der Waals surface area (Å²) in [6, 6.07) is 15.9. The highest BCUT2D eigenvalue weighted by molar-refractivity contribution is 5.93. The number of anilines is 1. The lowest BCUT2D eigenvalue weighted by Crippen LogP contribution is -2.29. The summed E-state index contributed by atoms with van der Waals surface area (Å²) in [5.41, 5.74) is 7.66. The molecule has 0 saturated heterocycles. The second-order valence-electron chi connectivity index (χ2n) is 7.14. The third-order valence-corrected chi connectivity index (χ3v) is 5.13. The number of benzene rings is 2. The largest absolute Gasteiger partial charge is 0.351 e. The fourth-order valence-electron chi connectivity index (χ4n) is 3.58. The van der Waals surface area contributed by atoms with Crippen LogP contribution in [0.2, 0.25) is 0 Å². The number of nitrogens with one attached hydrogen (secondary N) is 2. The summed E-state index contributed by atoms with van der Waals surface area (Å²) in [4.78, 5) is 20.7. The maximum Gasteiger partial charge on any atom is 0.274 e. The van der Waals surface area contributed by atoms with Gasteiger partial charge in [-0.1, -0.05) is 35.9 Å². The average Bonchev–Trinajstić information content (AvgIpc) is 2.73. The van der Waals surface area contributed by atoms with Crippen molar-refractivity contribution < 1.29 is 10.0 Å². The highest BCUT2D eigenvalue weighted by atomic mass is 16.5. The Morgan fingerprint density at radius 1 is 1.11 bits per heavy atom. The van der Waals surface area contributed by atoms with Crippen LogP contribution in [-0.2, 0) is 12.8 Å². The van der Waals surface area contributed by atoms with E-state index >= 15 is 0 Å². The maximum atomic E-state index is 11.7. The summed E-state index contributed by atoms with van der Waals surface area (Å²) < 4.78 is 0. The van der Waals surface area contributed by atoms with Gasteiger partial charge in [-0.3, -0.25) is 10.0 Å². The third-order valence-electron chi connectivity index (χ3n) is 5.13. The molecule has 1 atom stereocenters. The van der Waals surface area contributed by atoms with Crippen LogP contribution in [0.25, 0.3) is 11.3 Å². The first-order chi connectivity index (χ1) is 13.6. The van der Waals surface area contributed by atoms with Crippen molar-refractivity contribution in [3.05, 3.63) is 77.0 Å². The van der Waals surface area contributed by atoms with Crippen LogP contribution in [0.15, 0.2) is 54.7 Å². The number of aryl methyl sites for hydroxylation is 2. The summed E-state index contributed by atoms with van der Waals surface area (Å²) in [6.45, 7) is 2.06. The van der Waals surface area contributed by atoms with Crippen LogP contribution in [0.3, 0.4) is 0 Å². The zero-order valence-electron chi connectivity index (χ0n) is 15.6. The summed E-state index contributed by atoms with van der Waals surface area (Å²) in [5, 5.41) is 12.3. The number of aromatic nitrogens is 2. The minimum atomic E-state index is -0.494. The van der Waals surface area contributed by atoms with Crippen LogP contribution in [0.4, 0.5) is 5.95 Å². The molecule has 0 radical (unpaired) electrons. The quantitative estimate of drug-likeness (QED) is 0.480. The molecular weight excluding hydrogens is 352 g/mol. The van der Waals surface area contributed by atoms with E-state index in [0.717, 1.165) is 36.1 Å². The number of hydrogen-bond acceptors (Lipinski definition) is 5. The number of amides is 1.